The Bertz CT molecular complexity index is 469. The van der Waals surface area contributed by atoms with Crippen LogP contribution in [0.5, 0.6) is 0 Å². The lowest BCUT2D eigenvalue weighted by Gasteiger charge is -2.13. The van der Waals surface area contributed by atoms with E-state index in [0.29, 0.717) is 25.4 Å². The van der Waals surface area contributed by atoms with Crippen molar-refractivity contribution >= 4 is 23.2 Å². The fourth-order valence-electron chi connectivity index (χ4n) is 4.86. The Balaban J connectivity index is 3.75. The summed E-state index contributed by atoms with van der Waals surface area (Å²) < 4.78 is 17.0. The minimum Gasteiger partial charge on any atom is -0.355 e. The first-order valence-electron chi connectivity index (χ1n) is 16.5. The first-order chi connectivity index (χ1) is 19.3. The summed E-state index contributed by atoms with van der Waals surface area (Å²) in [5.74, 6) is 2.83. The summed E-state index contributed by atoms with van der Waals surface area (Å²) >= 11 is 11.5. The summed E-state index contributed by atoms with van der Waals surface area (Å²) in [7, 11) is 0. The number of hydrogen-bond donors (Lipinski definition) is 0. The molecule has 0 saturated carbocycles. The molecule has 0 saturated heterocycles. The van der Waals surface area contributed by atoms with E-state index in [1.54, 1.807) is 0 Å². The molecule has 0 amide bonds. The molecule has 3 nitrogen and oxygen atoms in total. The Morgan fingerprint density at radius 3 is 1.26 bits per heavy atom. The van der Waals surface area contributed by atoms with Gasteiger partial charge in [-0.25, -0.2) is 0 Å². The average molecular weight is 592 g/mol. The number of unbranched alkanes of at least 4 members (excludes halogenated alkanes) is 12. The van der Waals surface area contributed by atoms with Crippen molar-refractivity contribution in [2.24, 2.45) is 11.8 Å². The van der Waals surface area contributed by atoms with E-state index < -0.39 is 0 Å². The van der Waals surface area contributed by atoms with Gasteiger partial charge < -0.3 is 14.2 Å². The molecule has 0 N–H and O–H groups in total. The second-order valence-corrected chi connectivity index (χ2v) is 11.7. The highest BCUT2D eigenvalue weighted by atomic mass is 35.5. The molecule has 0 aromatic heterocycles. The van der Waals surface area contributed by atoms with E-state index in [2.05, 4.69) is 38.2 Å². The van der Waals surface area contributed by atoms with Gasteiger partial charge in [0.05, 0.1) is 0 Å². The Labute approximate surface area is 253 Å². The number of alkyl halides is 2. The lowest BCUT2D eigenvalue weighted by Crippen LogP contribution is -2.10. The molecule has 0 rings (SSSR count). The van der Waals surface area contributed by atoms with Crippen LogP contribution in [0.3, 0.4) is 0 Å². The van der Waals surface area contributed by atoms with Crippen LogP contribution >= 0.6 is 23.2 Å². The minimum absolute atomic E-state index is 0.316. The fourth-order valence-corrected chi connectivity index (χ4v) is 5.24. The highest BCUT2D eigenvalue weighted by Crippen LogP contribution is 2.16. The molecule has 0 spiro atoms. The van der Waals surface area contributed by atoms with E-state index in [0.717, 1.165) is 50.7 Å². The topological polar surface area (TPSA) is 27.7 Å². The zero-order valence-electron chi connectivity index (χ0n) is 25.8. The van der Waals surface area contributed by atoms with Crippen molar-refractivity contribution in [3.05, 3.63) is 24.3 Å². The quantitative estimate of drug-likeness (QED) is 0.0337. The Kier molecular flexibility index (Phi) is 34.1. The summed E-state index contributed by atoms with van der Waals surface area (Å²) in [5, 5.41) is 0. The molecule has 0 aromatic carbocycles. The average Bonchev–Trinajstić information content (AvgIpc) is 2.94. The van der Waals surface area contributed by atoms with Crippen LogP contribution in [-0.2, 0) is 14.2 Å². The van der Waals surface area contributed by atoms with Crippen LogP contribution in [0.4, 0.5) is 0 Å². The second kappa shape index (κ2) is 34.1. The van der Waals surface area contributed by atoms with Crippen LogP contribution in [0.25, 0.3) is 0 Å². The lowest BCUT2D eigenvalue weighted by atomic mass is 9.99. The lowest BCUT2D eigenvalue weighted by molar-refractivity contribution is -0.132. The molecule has 0 aliphatic carbocycles. The number of hydrogen-bond acceptors (Lipinski definition) is 3. The first-order valence-corrected chi connectivity index (χ1v) is 17.5. The summed E-state index contributed by atoms with van der Waals surface area (Å²) in [4.78, 5) is 0. The molecule has 2 atom stereocenters. The van der Waals surface area contributed by atoms with Crippen molar-refractivity contribution in [3.63, 3.8) is 0 Å². The molecule has 0 aliphatic heterocycles. The van der Waals surface area contributed by atoms with E-state index in [1.165, 1.54) is 103 Å². The van der Waals surface area contributed by atoms with Gasteiger partial charge in [-0.3, -0.25) is 0 Å². The molecule has 0 heterocycles. The molecular formula is C34H64Cl2O3. The third-order valence-corrected chi connectivity index (χ3v) is 7.78. The number of rotatable bonds is 32. The van der Waals surface area contributed by atoms with Gasteiger partial charge in [0, 0.05) is 25.0 Å². The summed E-state index contributed by atoms with van der Waals surface area (Å²) in [6.45, 7) is 6.64. The van der Waals surface area contributed by atoms with Crippen molar-refractivity contribution in [2.45, 2.75) is 142 Å². The van der Waals surface area contributed by atoms with E-state index in [1.807, 2.05) is 0 Å². The van der Waals surface area contributed by atoms with E-state index in [4.69, 9.17) is 37.4 Å². The molecule has 39 heavy (non-hydrogen) atoms. The van der Waals surface area contributed by atoms with E-state index in [-0.39, 0.29) is 0 Å². The van der Waals surface area contributed by atoms with Gasteiger partial charge in [-0.15, -0.1) is 23.2 Å². The molecule has 5 heteroatoms. The zero-order chi connectivity index (χ0) is 28.5. The van der Waals surface area contributed by atoms with E-state index in [9.17, 15) is 0 Å². The summed E-state index contributed by atoms with van der Waals surface area (Å²) in [5.41, 5.74) is 0. The Morgan fingerprint density at radius 2 is 0.872 bits per heavy atom. The third kappa shape index (κ3) is 30.7. The van der Waals surface area contributed by atoms with Gasteiger partial charge in [0.2, 0.25) is 0 Å². The molecule has 0 aliphatic rings. The number of ether oxygens (including phenoxy) is 3. The van der Waals surface area contributed by atoms with Gasteiger partial charge in [0.15, 0.2) is 0 Å². The minimum atomic E-state index is 0.316. The highest BCUT2D eigenvalue weighted by molar-refractivity contribution is 6.18. The third-order valence-electron chi connectivity index (χ3n) is 7.24. The first kappa shape index (κ1) is 38.9. The molecule has 2 unspecified atom stereocenters. The van der Waals surface area contributed by atoms with Crippen LogP contribution in [-0.4, -0.2) is 38.6 Å². The Morgan fingerprint density at radius 1 is 0.487 bits per heavy atom. The van der Waals surface area contributed by atoms with Crippen molar-refractivity contribution in [3.8, 4) is 0 Å². The fraction of sp³-hybridized carbons (Fsp3) is 0.882. The van der Waals surface area contributed by atoms with Crippen LogP contribution in [0.2, 0.25) is 0 Å². The van der Waals surface area contributed by atoms with Crippen LogP contribution in [0, 0.1) is 11.8 Å². The number of halogens is 2. The van der Waals surface area contributed by atoms with Gasteiger partial charge in [-0.05, 0) is 76.0 Å². The second-order valence-electron chi connectivity index (χ2n) is 11.0. The van der Waals surface area contributed by atoms with Gasteiger partial charge in [-0.1, -0.05) is 102 Å². The predicted octanol–water partition coefficient (Wildman–Crippen LogP) is 11.6. The maximum Gasteiger partial charge on any atom is 0.149 e. The number of allylic oxidation sites excluding steroid dienone is 4. The van der Waals surface area contributed by atoms with Gasteiger partial charge >= 0.3 is 0 Å². The van der Waals surface area contributed by atoms with Gasteiger partial charge in [0.25, 0.3) is 0 Å². The maximum atomic E-state index is 5.73. The molecule has 232 valence electrons. The van der Waals surface area contributed by atoms with Crippen molar-refractivity contribution in [2.75, 3.05) is 38.6 Å². The van der Waals surface area contributed by atoms with Crippen LogP contribution in [0.1, 0.15) is 142 Å². The molecule has 0 radical (unpaired) electrons. The normalized spacial score (nSPS) is 13.6. The predicted molar refractivity (Wildman–Crippen MR) is 173 cm³/mol. The largest absolute Gasteiger partial charge is 0.355 e. The smallest absolute Gasteiger partial charge is 0.149 e. The monoisotopic (exact) mass is 590 g/mol. The van der Waals surface area contributed by atoms with Crippen LogP contribution < -0.4 is 0 Å². The van der Waals surface area contributed by atoms with E-state index >= 15 is 0 Å². The van der Waals surface area contributed by atoms with Crippen LogP contribution in [0.15, 0.2) is 24.3 Å². The molecule has 0 bridgehead atoms. The SMILES string of the molecule is CCCC(C=CCCCCCCCCCl)CCOCOCOCCC(C=CCCCCCCCCCl)CCC. The maximum absolute atomic E-state index is 5.73. The summed E-state index contributed by atoms with van der Waals surface area (Å²) in [6.07, 6.45) is 34.5. The van der Waals surface area contributed by atoms with Crippen molar-refractivity contribution < 1.29 is 14.2 Å². The van der Waals surface area contributed by atoms with Crippen molar-refractivity contribution in [1.29, 1.82) is 0 Å². The molecule has 0 fully saturated rings. The summed E-state index contributed by atoms with van der Waals surface area (Å²) in [6, 6.07) is 0. The van der Waals surface area contributed by atoms with Gasteiger partial charge in [-0.2, -0.15) is 0 Å². The zero-order valence-corrected chi connectivity index (χ0v) is 27.3. The van der Waals surface area contributed by atoms with Crippen molar-refractivity contribution in [1.82, 2.24) is 0 Å². The Hall–Kier alpha value is -0.0600. The molecular weight excluding hydrogens is 527 g/mol. The molecule has 0 aromatic rings. The van der Waals surface area contributed by atoms with Gasteiger partial charge in [0.1, 0.15) is 13.6 Å². The standard InChI is InChI=1S/C34H64Cl2O3/c1-3-21-33(23-17-13-9-5-7-11-15-19-27-35)25-29-37-31-39-32-38-30-26-34(22-4-2)24-18-14-10-6-8-12-16-20-28-36/h17-18,23-24,33-34H,3-16,19-22,25-32H2,1-2H3. The highest BCUT2D eigenvalue weighted by Gasteiger charge is 2.05.